The molecular formula is C14H12Br2N2O. The fourth-order valence-electron chi connectivity index (χ4n) is 1.75. The van der Waals surface area contributed by atoms with E-state index >= 15 is 0 Å². The molecule has 0 spiro atoms. The SMILES string of the molecule is Cc1cc(C)cc(N=Nc2cc(Br)cc(Br)c2O)c1. The highest BCUT2D eigenvalue weighted by Crippen LogP contribution is 2.38. The van der Waals surface area contributed by atoms with Gasteiger partial charge in [-0.1, -0.05) is 22.0 Å². The van der Waals surface area contributed by atoms with Gasteiger partial charge in [-0.15, -0.1) is 5.11 Å². The molecule has 0 heterocycles. The lowest BCUT2D eigenvalue weighted by atomic mass is 10.1. The molecule has 0 fully saturated rings. The fourth-order valence-corrected chi connectivity index (χ4v) is 2.95. The summed E-state index contributed by atoms with van der Waals surface area (Å²) in [5.74, 6) is 0.0799. The zero-order valence-electron chi connectivity index (χ0n) is 10.5. The number of halogens is 2. The van der Waals surface area contributed by atoms with Gasteiger partial charge in [-0.2, -0.15) is 5.11 Å². The van der Waals surface area contributed by atoms with Gasteiger partial charge >= 0.3 is 0 Å². The zero-order chi connectivity index (χ0) is 14.0. The highest BCUT2D eigenvalue weighted by molar-refractivity contribution is 9.11. The minimum absolute atomic E-state index is 0.0799. The van der Waals surface area contributed by atoms with E-state index in [2.05, 4.69) is 48.2 Å². The maximum Gasteiger partial charge on any atom is 0.157 e. The monoisotopic (exact) mass is 382 g/mol. The third-order valence-electron chi connectivity index (χ3n) is 2.49. The van der Waals surface area contributed by atoms with Crippen LogP contribution in [0.3, 0.4) is 0 Å². The average Bonchev–Trinajstić information content (AvgIpc) is 2.30. The summed E-state index contributed by atoms with van der Waals surface area (Å²) >= 11 is 6.62. The molecule has 98 valence electrons. The van der Waals surface area contributed by atoms with Gasteiger partial charge < -0.3 is 5.11 Å². The predicted molar refractivity (Wildman–Crippen MR) is 83.6 cm³/mol. The average molecular weight is 384 g/mol. The highest BCUT2D eigenvalue weighted by Gasteiger charge is 2.06. The number of aryl methyl sites for hydroxylation is 2. The van der Waals surface area contributed by atoms with E-state index in [1.807, 2.05) is 26.0 Å². The standard InChI is InChI=1S/C14H12Br2N2O/c1-8-3-9(2)5-11(4-8)17-18-13-7-10(15)6-12(16)14(13)19/h3-7,19H,1-2H3. The van der Waals surface area contributed by atoms with Gasteiger partial charge in [0, 0.05) is 4.47 Å². The smallest absolute Gasteiger partial charge is 0.157 e. The lowest BCUT2D eigenvalue weighted by Crippen LogP contribution is -1.76. The number of phenols is 1. The molecule has 2 aromatic rings. The Labute approximate surface area is 128 Å². The van der Waals surface area contributed by atoms with Crippen LogP contribution in [0.25, 0.3) is 0 Å². The Kier molecular flexibility index (Phi) is 4.37. The van der Waals surface area contributed by atoms with Crippen LogP contribution in [0.1, 0.15) is 11.1 Å². The summed E-state index contributed by atoms with van der Waals surface area (Å²) in [6, 6.07) is 9.44. The number of hydrogen-bond acceptors (Lipinski definition) is 3. The van der Waals surface area contributed by atoms with Crippen LogP contribution < -0.4 is 0 Å². The van der Waals surface area contributed by atoms with E-state index in [9.17, 15) is 5.11 Å². The Bertz CT molecular complexity index is 634. The number of phenolic OH excluding ortho intramolecular Hbond substituents is 1. The Balaban J connectivity index is 2.37. The molecule has 0 bridgehead atoms. The number of azo groups is 1. The van der Waals surface area contributed by atoms with Gasteiger partial charge in [-0.3, -0.25) is 0 Å². The van der Waals surface area contributed by atoms with Crippen LogP contribution in [0.4, 0.5) is 11.4 Å². The molecule has 0 aliphatic rings. The van der Waals surface area contributed by atoms with Gasteiger partial charge in [-0.05, 0) is 65.2 Å². The molecule has 0 saturated heterocycles. The maximum atomic E-state index is 9.89. The van der Waals surface area contributed by atoms with E-state index in [-0.39, 0.29) is 5.75 Å². The van der Waals surface area contributed by atoms with E-state index in [1.54, 1.807) is 12.1 Å². The van der Waals surface area contributed by atoms with Crippen LogP contribution in [0.2, 0.25) is 0 Å². The first-order valence-electron chi connectivity index (χ1n) is 5.64. The lowest BCUT2D eigenvalue weighted by molar-refractivity contribution is 0.473. The Hall–Kier alpha value is -1.20. The largest absolute Gasteiger partial charge is 0.505 e. The lowest BCUT2D eigenvalue weighted by Gasteiger charge is -2.02. The molecule has 1 N–H and O–H groups in total. The molecular weight excluding hydrogens is 372 g/mol. The molecule has 2 aromatic carbocycles. The molecule has 0 aromatic heterocycles. The van der Waals surface area contributed by atoms with Crippen molar-refractivity contribution in [3.05, 3.63) is 50.4 Å². The first-order chi connectivity index (χ1) is 8.95. The molecule has 19 heavy (non-hydrogen) atoms. The Morgan fingerprint density at radius 1 is 0.895 bits per heavy atom. The molecule has 0 radical (unpaired) electrons. The third-order valence-corrected chi connectivity index (χ3v) is 3.55. The highest BCUT2D eigenvalue weighted by atomic mass is 79.9. The van der Waals surface area contributed by atoms with Crippen molar-refractivity contribution in [2.45, 2.75) is 13.8 Å². The number of aromatic hydroxyl groups is 1. The molecule has 0 saturated carbocycles. The number of rotatable bonds is 2. The van der Waals surface area contributed by atoms with Crippen molar-refractivity contribution in [3.63, 3.8) is 0 Å². The van der Waals surface area contributed by atoms with Crippen LogP contribution in [0, 0.1) is 13.8 Å². The van der Waals surface area contributed by atoms with Crippen LogP contribution >= 0.6 is 31.9 Å². The predicted octanol–water partition coefficient (Wildman–Crippen LogP) is 5.95. The molecule has 0 aliphatic heterocycles. The molecule has 2 rings (SSSR count). The molecule has 0 atom stereocenters. The van der Waals surface area contributed by atoms with Crippen LogP contribution in [0.5, 0.6) is 5.75 Å². The van der Waals surface area contributed by atoms with Gasteiger partial charge in [-0.25, -0.2) is 0 Å². The molecule has 0 unspecified atom stereocenters. The van der Waals surface area contributed by atoms with Gasteiger partial charge in [0.25, 0.3) is 0 Å². The normalized spacial score (nSPS) is 11.2. The summed E-state index contributed by atoms with van der Waals surface area (Å²) in [4.78, 5) is 0. The second-order valence-corrected chi connectivity index (χ2v) is 6.07. The molecule has 5 heteroatoms. The molecule has 0 amide bonds. The van der Waals surface area contributed by atoms with Gasteiger partial charge in [0.2, 0.25) is 0 Å². The van der Waals surface area contributed by atoms with Crippen molar-refractivity contribution < 1.29 is 5.11 Å². The van der Waals surface area contributed by atoms with Gasteiger partial charge in [0.05, 0.1) is 10.2 Å². The minimum atomic E-state index is 0.0799. The topological polar surface area (TPSA) is 45.0 Å². The maximum absolute atomic E-state index is 9.89. The van der Waals surface area contributed by atoms with Crippen molar-refractivity contribution in [2.24, 2.45) is 10.2 Å². The summed E-state index contributed by atoms with van der Waals surface area (Å²) < 4.78 is 1.41. The van der Waals surface area contributed by atoms with Crippen molar-refractivity contribution in [2.75, 3.05) is 0 Å². The number of hydrogen-bond donors (Lipinski definition) is 1. The van der Waals surface area contributed by atoms with E-state index < -0.39 is 0 Å². The summed E-state index contributed by atoms with van der Waals surface area (Å²) in [6.45, 7) is 4.03. The second kappa shape index (κ2) is 5.84. The minimum Gasteiger partial charge on any atom is -0.505 e. The van der Waals surface area contributed by atoms with Crippen LogP contribution in [-0.4, -0.2) is 5.11 Å². The van der Waals surface area contributed by atoms with Gasteiger partial charge in [0.1, 0.15) is 5.69 Å². The van der Waals surface area contributed by atoms with Crippen molar-refractivity contribution in [1.82, 2.24) is 0 Å². The summed E-state index contributed by atoms with van der Waals surface area (Å²) in [5.41, 5.74) is 3.45. The van der Waals surface area contributed by atoms with Crippen molar-refractivity contribution in [3.8, 4) is 5.75 Å². The first-order valence-corrected chi connectivity index (χ1v) is 7.22. The van der Waals surface area contributed by atoms with E-state index in [0.29, 0.717) is 10.2 Å². The summed E-state index contributed by atoms with van der Waals surface area (Å²) in [5, 5.41) is 18.1. The van der Waals surface area contributed by atoms with Crippen molar-refractivity contribution in [1.29, 1.82) is 0 Å². The number of nitrogens with zero attached hydrogens (tertiary/aromatic N) is 2. The van der Waals surface area contributed by atoms with Gasteiger partial charge in [0.15, 0.2) is 5.75 Å². The molecule has 0 aliphatic carbocycles. The van der Waals surface area contributed by atoms with Crippen LogP contribution in [-0.2, 0) is 0 Å². The van der Waals surface area contributed by atoms with Crippen LogP contribution in [0.15, 0.2) is 49.5 Å². The second-order valence-electron chi connectivity index (χ2n) is 4.30. The zero-order valence-corrected chi connectivity index (χ0v) is 13.7. The fraction of sp³-hybridized carbons (Fsp3) is 0.143. The van der Waals surface area contributed by atoms with E-state index in [1.165, 1.54) is 0 Å². The molecule has 3 nitrogen and oxygen atoms in total. The van der Waals surface area contributed by atoms with E-state index in [4.69, 9.17) is 0 Å². The third kappa shape index (κ3) is 3.64. The Morgan fingerprint density at radius 3 is 2.16 bits per heavy atom. The number of benzene rings is 2. The van der Waals surface area contributed by atoms with Crippen molar-refractivity contribution >= 4 is 43.2 Å². The summed E-state index contributed by atoms with van der Waals surface area (Å²) in [7, 11) is 0. The van der Waals surface area contributed by atoms with E-state index in [0.717, 1.165) is 21.3 Å². The quantitative estimate of drug-likeness (QED) is 0.639. The first kappa shape index (κ1) is 14.2. The summed E-state index contributed by atoms with van der Waals surface area (Å²) in [6.07, 6.45) is 0. The Morgan fingerprint density at radius 2 is 1.53 bits per heavy atom.